The number of ether oxygens (including phenoxy) is 2. The minimum atomic E-state index is -0.725. The van der Waals surface area contributed by atoms with Crippen molar-refractivity contribution in [3.63, 3.8) is 0 Å². The normalized spacial score (nSPS) is 22.9. The number of hydrogen-bond acceptors (Lipinski definition) is 6. The van der Waals surface area contributed by atoms with E-state index in [0.29, 0.717) is 37.2 Å². The molecule has 3 rings (SSSR count). The molecule has 3 aliphatic rings. The molecule has 8 heteroatoms. The summed E-state index contributed by atoms with van der Waals surface area (Å²) in [6, 6.07) is 0. The van der Waals surface area contributed by atoms with Crippen LogP contribution in [0.3, 0.4) is 0 Å². The number of cyclic esters (lactones) is 1. The third-order valence-electron chi connectivity index (χ3n) is 4.68. The highest BCUT2D eigenvalue weighted by molar-refractivity contribution is 6.04. The second-order valence-corrected chi connectivity index (χ2v) is 7.63. The highest BCUT2D eigenvalue weighted by Gasteiger charge is 2.49. The first-order valence-electron chi connectivity index (χ1n) is 8.37. The standard InChI is InChI=1S/C17H23N3O5/c1-11-12(9-24-13(11)21)20-14(22)17(10-18-20)5-7-19(8-6-17)15(23)25-16(2,3)4/h10H,5-9H2,1-4H3. The molecule has 136 valence electrons. The number of hydrazone groups is 1. The van der Waals surface area contributed by atoms with E-state index >= 15 is 0 Å². The maximum Gasteiger partial charge on any atom is 0.410 e. The van der Waals surface area contributed by atoms with Gasteiger partial charge in [0.15, 0.2) is 0 Å². The molecule has 2 amide bonds. The van der Waals surface area contributed by atoms with Gasteiger partial charge in [-0.25, -0.2) is 14.6 Å². The van der Waals surface area contributed by atoms with Crippen molar-refractivity contribution in [1.29, 1.82) is 0 Å². The van der Waals surface area contributed by atoms with Crippen molar-refractivity contribution in [3.05, 3.63) is 11.3 Å². The Bertz CT molecular complexity index is 681. The Morgan fingerprint density at radius 3 is 2.44 bits per heavy atom. The molecular weight excluding hydrogens is 326 g/mol. The molecule has 0 bridgehead atoms. The van der Waals surface area contributed by atoms with Crippen molar-refractivity contribution in [3.8, 4) is 0 Å². The van der Waals surface area contributed by atoms with Gasteiger partial charge < -0.3 is 14.4 Å². The number of carbonyl (C=O) groups is 3. The quantitative estimate of drug-likeness (QED) is 0.672. The lowest BCUT2D eigenvalue weighted by molar-refractivity contribution is -0.138. The summed E-state index contributed by atoms with van der Waals surface area (Å²) in [5.41, 5.74) is -0.365. The van der Waals surface area contributed by atoms with E-state index in [4.69, 9.17) is 9.47 Å². The van der Waals surface area contributed by atoms with E-state index in [1.807, 2.05) is 20.8 Å². The lowest BCUT2D eigenvalue weighted by Gasteiger charge is -2.37. The van der Waals surface area contributed by atoms with E-state index in [2.05, 4.69) is 5.10 Å². The zero-order chi connectivity index (χ0) is 18.4. The smallest absolute Gasteiger partial charge is 0.410 e. The molecule has 0 aromatic carbocycles. The van der Waals surface area contributed by atoms with Crippen LogP contribution in [0.1, 0.15) is 40.5 Å². The SMILES string of the molecule is CC1=C(N2N=CC3(CCN(C(=O)OC(C)(C)C)CC3)C2=O)COC1=O. The predicted octanol–water partition coefficient (Wildman–Crippen LogP) is 1.66. The molecule has 3 aliphatic heterocycles. The molecule has 8 nitrogen and oxygen atoms in total. The summed E-state index contributed by atoms with van der Waals surface area (Å²) < 4.78 is 10.3. The Kier molecular flexibility index (Phi) is 4.09. The van der Waals surface area contributed by atoms with Crippen LogP contribution < -0.4 is 0 Å². The van der Waals surface area contributed by atoms with Crippen LogP contribution in [0.15, 0.2) is 16.4 Å². The summed E-state index contributed by atoms with van der Waals surface area (Å²) in [7, 11) is 0. The van der Waals surface area contributed by atoms with E-state index in [1.165, 1.54) is 5.01 Å². The van der Waals surface area contributed by atoms with Gasteiger partial charge in [-0.2, -0.15) is 5.10 Å². The van der Waals surface area contributed by atoms with Gasteiger partial charge in [0, 0.05) is 19.3 Å². The minimum absolute atomic E-state index is 0.0634. The predicted molar refractivity (Wildman–Crippen MR) is 88.5 cm³/mol. The summed E-state index contributed by atoms with van der Waals surface area (Å²) in [5, 5.41) is 5.50. The van der Waals surface area contributed by atoms with Crippen LogP contribution in [-0.2, 0) is 19.1 Å². The van der Waals surface area contributed by atoms with Gasteiger partial charge in [-0.1, -0.05) is 0 Å². The first-order valence-corrected chi connectivity index (χ1v) is 8.37. The Labute approximate surface area is 146 Å². The summed E-state index contributed by atoms with van der Waals surface area (Å²) in [5.74, 6) is -0.581. The topological polar surface area (TPSA) is 88.5 Å². The lowest BCUT2D eigenvalue weighted by atomic mass is 9.79. The molecule has 0 aromatic heterocycles. The van der Waals surface area contributed by atoms with E-state index in [-0.39, 0.29) is 18.6 Å². The molecule has 0 radical (unpaired) electrons. The van der Waals surface area contributed by atoms with Gasteiger partial charge in [-0.15, -0.1) is 0 Å². The summed E-state index contributed by atoms with van der Waals surface area (Å²) in [4.78, 5) is 38.2. The monoisotopic (exact) mass is 349 g/mol. The molecule has 1 spiro atoms. The van der Waals surface area contributed by atoms with Crippen molar-refractivity contribution in [1.82, 2.24) is 9.91 Å². The van der Waals surface area contributed by atoms with Gasteiger partial charge in [0.1, 0.15) is 12.2 Å². The van der Waals surface area contributed by atoms with Crippen LogP contribution in [0.25, 0.3) is 0 Å². The van der Waals surface area contributed by atoms with E-state index < -0.39 is 17.0 Å². The van der Waals surface area contributed by atoms with Crippen LogP contribution in [0.2, 0.25) is 0 Å². The number of nitrogens with zero attached hydrogens (tertiary/aromatic N) is 3. The fourth-order valence-corrected chi connectivity index (χ4v) is 3.13. The molecule has 0 aliphatic carbocycles. The largest absolute Gasteiger partial charge is 0.456 e. The van der Waals surface area contributed by atoms with Crippen molar-refractivity contribution in [2.75, 3.05) is 19.7 Å². The van der Waals surface area contributed by atoms with Crippen LogP contribution in [-0.4, -0.2) is 59.4 Å². The molecule has 1 fully saturated rings. The number of esters is 1. The maximum absolute atomic E-state index is 12.9. The van der Waals surface area contributed by atoms with Crippen molar-refractivity contribution >= 4 is 24.2 Å². The van der Waals surface area contributed by atoms with Crippen LogP contribution in [0, 0.1) is 5.41 Å². The third kappa shape index (κ3) is 3.12. The summed E-state index contributed by atoms with van der Waals surface area (Å²) in [6.45, 7) is 8.01. The highest BCUT2D eigenvalue weighted by atomic mass is 16.6. The summed E-state index contributed by atoms with van der Waals surface area (Å²) >= 11 is 0. The lowest BCUT2D eigenvalue weighted by Crippen LogP contribution is -2.49. The Morgan fingerprint density at radius 2 is 1.92 bits per heavy atom. The first kappa shape index (κ1) is 17.4. The van der Waals surface area contributed by atoms with Crippen LogP contribution in [0.5, 0.6) is 0 Å². The highest BCUT2D eigenvalue weighted by Crippen LogP contribution is 2.38. The second-order valence-electron chi connectivity index (χ2n) is 7.63. The van der Waals surface area contributed by atoms with Gasteiger partial charge in [-0.3, -0.25) is 4.79 Å². The van der Waals surface area contributed by atoms with Gasteiger partial charge >= 0.3 is 12.1 Å². The van der Waals surface area contributed by atoms with Crippen LogP contribution >= 0.6 is 0 Å². The summed E-state index contributed by atoms with van der Waals surface area (Å²) in [6.07, 6.45) is 2.23. The molecule has 3 heterocycles. The molecule has 25 heavy (non-hydrogen) atoms. The first-order chi connectivity index (χ1) is 11.6. The van der Waals surface area contributed by atoms with Gasteiger partial charge in [-0.05, 0) is 40.5 Å². The minimum Gasteiger partial charge on any atom is -0.456 e. The number of likely N-dealkylation sites (tertiary alicyclic amines) is 1. The molecule has 0 unspecified atom stereocenters. The molecular formula is C17H23N3O5. The van der Waals surface area contributed by atoms with Crippen LogP contribution in [0.4, 0.5) is 4.79 Å². The molecule has 0 atom stereocenters. The third-order valence-corrected chi connectivity index (χ3v) is 4.68. The number of hydrogen-bond donors (Lipinski definition) is 0. The fraction of sp³-hybridized carbons (Fsp3) is 0.647. The van der Waals surface area contributed by atoms with Crippen molar-refractivity contribution < 1.29 is 23.9 Å². The molecule has 1 saturated heterocycles. The van der Waals surface area contributed by atoms with E-state index in [1.54, 1.807) is 18.0 Å². The Morgan fingerprint density at radius 1 is 1.28 bits per heavy atom. The van der Waals surface area contributed by atoms with Crippen molar-refractivity contribution in [2.45, 2.75) is 46.1 Å². The molecule has 0 aromatic rings. The average molecular weight is 349 g/mol. The molecule has 0 N–H and O–H groups in total. The number of amides is 2. The van der Waals surface area contributed by atoms with Gasteiger partial charge in [0.25, 0.3) is 5.91 Å². The fourth-order valence-electron chi connectivity index (χ4n) is 3.13. The van der Waals surface area contributed by atoms with E-state index in [9.17, 15) is 14.4 Å². The van der Waals surface area contributed by atoms with Gasteiger partial charge in [0.05, 0.1) is 16.7 Å². The van der Waals surface area contributed by atoms with E-state index in [0.717, 1.165) is 0 Å². The number of piperidine rings is 1. The maximum atomic E-state index is 12.9. The zero-order valence-electron chi connectivity index (χ0n) is 15.0. The zero-order valence-corrected chi connectivity index (χ0v) is 15.0. The van der Waals surface area contributed by atoms with Gasteiger partial charge in [0.2, 0.25) is 0 Å². The number of carbonyl (C=O) groups excluding carboxylic acids is 3. The van der Waals surface area contributed by atoms with Crippen molar-refractivity contribution in [2.24, 2.45) is 10.5 Å². The Hall–Kier alpha value is -2.38. The molecule has 0 saturated carbocycles. The Balaban J connectivity index is 1.67. The number of rotatable bonds is 1. The second kappa shape index (κ2) is 5.86. The average Bonchev–Trinajstić information content (AvgIpc) is 3.01.